The first kappa shape index (κ1) is 20.1. The summed E-state index contributed by atoms with van der Waals surface area (Å²) in [4.78, 5) is 35.9. The number of carbonyl (C=O) groups excluding carboxylic acids is 1. The standard InChI is InChI=1S/C22H27N5O3/c1-22(2,3)10-14-9-16(25-19-18(14)26-21(29)27(19)4)13-5-7-15(8-6-13)24-20(28)17-11-23-12-30-17/h5,9,11-12,15H,6-8,10H2,1-4H3,(H,24,28)(H,26,29). The van der Waals surface area contributed by atoms with Crippen molar-refractivity contribution < 1.29 is 9.21 Å². The quantitative estimate of drug-likeness (QED) is 0.688. The normalized spacial score (nSPS) is 17.2. The lowest BCUT2D eigenvalue weighted by atomic mass is 9.86. The highest BCUT2D eigenvalue weighted by molar-refractivity contribution is 5.91. The molecule has 0 aliphatic heterocycles. The Kier molecular flexibility index (Phi) is 5.09. The number of aromatic nitrogens is 4. The number of pyridine rings is 1. The summed E-state index contributed by atoms with van der Waals surface area (Å²) in [5.41, 5.74) is 4.56. The first-order chi connectivity index (χ1) is 14.2. The molecule has 3 heterocycles. The number of H-pyrrole nitrogens is 1. The Morgan fingerprint density at radius 3 is 2.83 bits per heavy atom. The lowest BCUT2D eigenvalue weighted by Gasteiger charge is -2.23. The summed E-state index contributed by atoms with van der Waals surface area (Å²) in [5.74, 6) is -0.0271. The largest absolute Gasteiger partial charge is 0.438 e. The van der Waals surface area contributed by atoms with Crippen molar-refractivity contribution in [1.29, 1.82) is 0 Å². The zero-order valence-corrected chi connectivity index (χ0v) is 17.8. The monoisotopic (exact) mass is 409 g/mol. The van der Waals surface area contributed by atoms with Gasteiger partial charge in [0.1, 0.15) is 0 Å². The summed E-state index contributed by atoms with van der Waals surface area (Å²) in [5, 5.41) is 2.99. The van der Waals surface area contributed by atoms with Crippen LogP contribution >= 0.6 is 0 Å². The van der Waals surface area contributed by atoms with Crippen molar-refractivity contribution >= 4 is 22.6 Å². The van der Waals surface area contributed by atoms with Crippen molar-refractivity contribution in [1.82, 2.24) is 24.8 Å². The number of aromatic amines is 1. The van der Waals surface area contributed by atoms with Gasteiger partial charge in [-0.25, -0.2) is 14.8 Å². The maximum Gasteiger partial charge on any atom is 0.327 e. The summed E-state index contributed by atoms with van der Waals surface area (Å²) in [6.45, 7) is 6.55. The Morgan fingerprint density at radius 2 is 2.20 bits per heavy atom. The van der Waals surface area contributed by atoms with Crippen LogP contribution in [0.25, 0.3) is 16.7 Å². The third-order valence-electron chi connectivity index (χ3n) is 5.39. The molecule has 8 nitrogen and oxygen atoms in total. The topological polar surface area (TPSA) is 106 Å². The van der Waals surface area contributed by atoms with Gasteiger partial charge in [0.25, 0.3) is 5.91 Å². The molecule has 8 heteroatoms. The number of amides is 1. The Hall–Kier alpha value is -3.16. The highest BCUT2D eigenvalue weighted by atomic mass is 16.3. The van der Waals surface area contributed by atoms with Crippen LogP contribution in [-0.2, 0) is 13.5 Å². The lowest BCUT2D eigenvalue weighted by Crippen LogP contribution is -2.35. The molecule has 0 spiro atoms. The molecule has 0 aromatic carbocycles. The van der Waals surface area contributed by atoms with E-state index in [-0.39, 0.29) is 28.8 Å². The van der Waals surface area contributed by atoms with Gasteiger partial charge in [0.2, 0.25) is 5.76 Å². The molecule has 158 valence electrons. The van der Waals surface area contributed by atoms with Crippen LogP contribution < -0.4 is 11.0 Å². The first-order valence-electron chi connectivity index (χ1n) is 10.2. The minimum atomic E-state index is -0.247. The highest BCUT2D eigenvalue weighted by Gasteiger charge is 2.23. The smallest absolute Gasteiger partial charge is 0.327 e. The van der Waals surface area contributed by atoms with Crippen molar-refractivity contribution in [3.63, 3.8) is 0 Å². The zero-order chi connectivity index (χ0) is 21.5. The molecule has 1 amide bonds. The second-order valence-corrected chi connectivity index (χ2v) is 9.13. The molecule has 0 saturated carbocycles. The number of aryl methyl sites for hydroxylation is 1. The van der Waals surface area contributed by atoms with Gasteiger partial charge in [-0.2, -0.15) is 0 Å². The number of allylic oxidation sites excluding steroid dienone is 1. The molecule has 3 aromatic heterocycles. The van der Waals surface area contributed by atoms with E-state index in [9.17, 15) is 9.59 Å². The second-order valence-electron chi connectivity index (χ2n) is 9.13. The van der Waals surface area contributed by atoms with Gasteiger partial charge in [0, 0.05) is 13.1 Å². The van der Waals surface area contributed by atoms with Crippen molar-refractivity contribution in [2.24, 2.45) is 12.5 Å². The number of nitrogens with zero attached hydrogens (tertiary/aromatic N) is 3. The average molecular weight is 409 g/mol. The maximum absolute atomic E-state index is 12.2. The summed E-state index contributed by atoms with van der Waals surface area (Å²) < 4.78 is 6.62. The number of hydrogen-bond acceptors (Lipinski definition) is 5. The van der Waals surface area contributed by atoms with Crippen LogP contribution in [0.3, 0.4) is 0 Å². The van der Waals surface area contributed by atoms with E-state index >= 15 is 0 Å². The maximum atomic E-state index is 12.2. The van der Waals surface area contributed by atoms with Crippen LogP contribution in [0, 0.1) is 5.41 Å². The SMILES string of the molecule is Cn1c(=O)[nH]c2c(CC(C)(C)C)cc(C3=CCC(NC(=O)c4cnco4)CC3)nc21. The molecule has 1 aliphatic carbocycles. The molecule has 1 unspecified atom stereocenters. The van der Waals surface area contributed by atoms with E-state index in [2.05, 4.69) is 48.2 Å². The first-order valence-corrected chi connectivity index (χ1v) is 10.2. The second kappa shape index (κ2) is 7.59. The number of fused-ring (bicyclic) bond motifs is 1. The molecule has 4 rings (SSSR count). The van der Waals surface area contributed by atoms with E-state index in [1.807, 2.05) is 0 Å². The van der Waals surface area contributed by atoms with E-state index < -0.39 is 0 Å². The molecule has 0 bridgehead atoms. The molecule has 0 saturated heterocycles. The van der Waals surface area contributed by atoms with Gasteiger partial charge in [0.05, 0.1) is 17.4 Å². The molecular formula is C22H27N5O3. The summed E-state index contributed by atoms with van der Waals surface area (Å²) in [6.07, 6.45) is 7.96. The van der Waals surface area contributed by atoms with E-state index in [0.29, 0.717) is 5.65 Å². The third kappa shape index (κ3) is 4.08. The molecule has 30 heavy (non-hydrogen) atoms. The van der Waals surface area contributed by atoms with E-state index in [4.69, 9.17) is 9.40 Å². The third-order valence-corrected chi connectivity index (χ3v) is 5.39. The molecule has 0 fully saturated rings. The summed E-state index contributed by atoms with van der Waals surface area (Å²) >= 11 is 0. The molecule has 3 aromatic rings. The van der Waals surface area contributed by atoms with Crippen LogP contribution in [0.4, 0.5) is 0 Å². The highest BCUT2D eigenvalue weighted by Crippen LogP contribution is 2.31. The Labute approximate surface area is 174 Å². The van der Waals surface area contributed by atoms with Gasteiger partial charge in [-0.15, -0.1) is 0 Å². The number of carbonyl (C=O) groups is 1. The van der Waals surface area contributed by atoms with Crippen LogP contribution in [0.5, 0.6) is 0 Å². The number of nitrogens with one attached hydrogen (secondary N) is 2. The van der Waals surface area contributed by atoms with Crippen LogP contribution in [-0.4, -0.2) is 31.5 Å². The van der Waals surface area contributed by atoms with Crippen LogP contribution in [0.15, 0.2) is 33.9 Å². The minimum absolute atomic E-state index is 0.0424. The summed E-state index contributed by atoms with van der Waals surface area (Å²) in [6, 6.07) is 2.14. The molecule has 2 N–H and O–H groups in total. The lowest BCUT2D eigenvalue weighted by molar-refractivity contribution is 0.0907. The van der Waals surface area contributed by atoms with E-state index in [1.165, 1.54) is 12.6 Å². The zero-order valence-electron chi connectivity index (χ0n) is 17.8. The van der Waals surface area contributed by atoms with Gasteiger partial charge in [0.15, 0.2) is 12.0 Å². The van der Waals surface area contributed by atoms with E-state index in [1.54, 1.807) is 11.6 Å². The van der Waals surface area contributed by atoms with Gasteiger partial charge >= 0.3 is 5.69 Å². The fourth-order valence-corrected chi connectivity index (χ4v) is 3.91. The molecule has 1 atom stereocenters. The fraction of sp³-hybridized carbons (Fsp3) is 0.455. The number of oxazole rings is 1. The molecule has 0 radical (unpaired) electrons. The van der Waals surface area contributed by atoms with Gasteiger partial charge in [-0.05, 0) is 48.3 Å². The van der Waals surface area contributed by atoms with Gasteiger partial charge in [-0.1, -0.05) is 26.8 Å². The predicted molar refractivity (Wildman–Crippen MR) is 114 cm³/mol. The van der Waals surface area contributed by atoms with Crippen molar-refractivity contribution in [3.05, 3.63) is 52.2 Å². The molecular weight excluding hydrogens is 382 g/mol. The Balaban J connectivity index is 1.60. The van der Waals surface area contributed by atoms with Crippen molar-refractivity contribution in [2.75, 3.05) is 0 Å². The number of rotatable bonds is 4. The minimum Gasteiger partial charge on any atom is -0.438 e. The van der Waals surface area contributed by atoms with Crippen LogP contribution in [0.1, 0.15) is 61.8 Å². The molecule has 1 aliphatic rings. The predicted octanol–water partition coefficient (Wildman–Crippen LogP) is 3.20. The van der Waals surface area contributed by atoms with E-state index in [0.717, 1.165) is 48.0 Å². The summed E-state index contributed by atoms with van der Waals surface area (Å²) in [7, 11) is 1.74. The number of hydrogen-bond donors (Lipinski definition) is 2. The number of imidazole rings is 1. The Bertz CT molecular complexity index is 1160. The van der Waals surface area contributed by atoms with Crippen molar-refractivity contribution in [2.45, 2.75) is 52.5 Å². The van der Waals surface area contributed by atoms with Gasteiger partial charge in [-0.3, -0.25) is 9.36 Å². The van der Waals surface area contributed by atoms with Crippen molar-refractivity contribution in [3.8, 4) is 0 Å². The van der Waals surface area contributed by atoms with Crippen LogP contribution in [0.2, 0.25) is 0 Å². The average Bonchev–Trinajstić information content (AvgIpc) is 3.31. The van der Waals surface area contributed by atoms with Gasteiger partial charge < -0.3 is 14.7 Å². The Morgan fingerprint density at radius 1 is 1.40 bits per heavy atom. The fourth-order valence-electron chi connectivity index (χ4n) is 3.91.